The second-order valence-electron chi connectivity index (χ2n) is 12.4. The van der Waals surface area contributed by atoms with E-state index in [0.717, 1.165) is 4.90 Å². The van der Waals surface area contributed by atoms with Crippen molar-refractivity contribution in [2.24, 2.45) is 9.98 Å². The number of aliphatic hydroxyl groups is 5. The number of amides is 1. The van der Waals surface area contributed by atoms with Crippen LogP contribution >= 0.6 is 0 Å². The Morgan fingerprint density at radius 1 is 1.08 bits per heavy atom. The highest BCUT2D eigenvalue weighted by Gasteiger charge is 2.59. The topological polar surface area (TPSA) is 242 Å². The first-order valence-electron chi connectivity index (χ1n) is 15.6. The van der Waals surface area contributed by atoms with Gasteiger partial charge >= 0.3 is 5.97 Å². The average Bonchev–Trinajstić information content (AvgIpc) is 3.71. The van der Waals surface area contributed by atoms with Crippen LogP contribution in [0.5, 0.6) is 17.2 Å². The zero-order valence-electron chi connectivity index (χ0n) is 25.8. The van der Waals surface area contributed by atoms with Crippen LogP contribution in [0.3, 0.4) is 0 Å². The Labute approximate surface area is 274 Å². The SMILES string of the molecule is O=C(C=Cc1ccc(O)c(CC2=NCN=C2)c1)N1c2c(cc(O)c3c2CCC2(O3)OC(CO)C(O)C(O)C2O)CC1(CCCO)C(=O)O. The molecule has 8 N–H and O–H groups in total. The van der Waals surface area contributed by atoms with Gasteiger partial charge in [0.25, 0.3) is 5.91 Å². The number of aromatic hydroxyl groups is 2. The maximum Gasteiger partial charge on any atom is 0.330 e. The van der Waals surface area contributed by atoms with E-state index in [9.17, 15) is 50.4 Å². The molecule has 2 aromatic carbocycles. The molecule has 48 heavy (non-hydrogen) atoms. The van der Waals surface area contributed by atoms with Gasteiger partial charge in [-0.15, -0.1) is 0 Å². The third-order valence-electron chi connectivity index (χ3n) is 9.43. The van der Waals surface area contributed by atoms with Gasteiger partial charge in [0.05, 0.1) is 18.0 Å². The number of phenolic OH excluding ortho intramolecular Hbond substituents is 2. The lowest BCUT2D eigenvalue weighted by molar-refractivity contribution is -0.342. The molecule has 6 rings (SSSR count). The molecule has 6 atom stereocenters. The van der Waals surface area contributed by atoms with Crippen LogP contribution in [0.25, 0.3) is 6.08 Å². The fourth-order valence-electron chi connectivity index (χ4n) is 7.02. The minimum atomic E-state index is -1.98. The van der Waals surface area contributed by atoms with E-state index in [1.165, 1.54) is 24.3 Å². The van der Waals surface area contributed by atoms with Crippen molar-refractivity contribution >= 4 is 35.6 Å². The molecule has 1 amide bonds. The molecule has 6 unspecified atom stereocenters. The number of aliphatic imine (C=N–C) groups is 2. The molecule has 0 aromatic heterocycles. The first-order chi connectivity index (χ1) is 22.9. The molecule has 15 nitrogen and oxygen atoms in total. The van der Waals surface area contributed by atoms with Crippen molar-refractivity contribution in [3.05, 3.63) is 52.6 Å². The number of carboxylic acid groups (broad SMARTS) is 1. The van der Waals surface area contributed by atoms with Crippen molar-refractivity contribution in [2.45, 2.75) is 74.3 Å². The van der Waals surface area contributed by atoms with E-state index in [0.29, 0.717) is 35.5 Å². The Morgan fingerprint density at radius 3 is 2.56 bits per heavy atom. The number of nitrogens with zero attached hydrogens (tertiary/aromatic N) is 3. The number of hydrogen-bond donors (Lipinski definition) is 8. The fraction of sp³-hybridized carbons (Fsp3) is 0.455. The van der Waals surface area contributed by atoms with Crippen molar-refractivity contribution in [3.8, 4) is 17.2 Å². The van der Waals surface area contributed by atoms with Crippen molar-refractivity contribution < 1.29 is 59.9 Å². The van der Waals surface area contributed by atoms with E-state index < -0.39 is 60.0 Å². The van der Waals surface area contributed by atoms with Gasteiger partial charge in [-0.2, -0.15) is 0 Å². The highest BCUT2D eigenvalue weighted by molar-refractivity contribution is 6.32. The van der Waals surface area contributed by atoms with Gasteiger partial charge in [-0.25, -0.2) is 4.79 Å². The van der Waals surface area contributed by atoms with Crippen LogP contribution in [-0.4, -0.2) is 120 Å². The van der Waals surface area contributed by atoms with Crippen LogP contribution in [-0.2, 0) is 33.6 Å². The summed E-state index contributed by atoms with van der Waals surface area (Å²) in [5.74, 6) is -4.63. The first kappa shape index (κ1) is 33.5. The molecule has 0 aliphatic carbocycles. The molecule has 4 heterocycles. The number of fused-ring (bicyclic) bond motifs is 3. The predicted molar refractivity (Wildman–Crippen MR) is 169 cm³/mol. The lowest BCUT2D eigenvalue weighted by Gasteiger charge is -2.50. The molecule has 2 aromatic rings. The minimum Gasteiger partial charge on any atom is -0.508 e. The van der Waals surface area contributed by atoms with Gasteiger partial charge in [0.15, 0.2) is 11.5 Å². The van der Waals surface area contributed by atoms with Gasteiger partial charge in [0.2, 0.25) is 5.79 Å². The van der Waals surface area contributed by atoms with E-state index in [1.54, 1.807) is 18.3 Å². The van der Waals surface area contributed by atoms with Gasteiger partial charge in [0.1, 0.15) is 42.4 Å². The van der Waals surface area contributed by atoms with E-state index in [4.69, 9.17) is 9.47 Å². The molecule has 15 heteroatoms. The summed E-state index contributed by atoms with van der Waals surface area (Å²) in [6.45, 7) is -0.719. The molecule has 0 radical (unpaired) electrons. The number of aliphatic carboxylic acids is 1. The number of carboxylic acids is 1. The number of anilines is 1. The number of carbonyl (C=O) groups excluding carboxylic acids is 1. The largest absolute Gasteiger partial charge is 0.508 e. The summed E-state index contributed by atoms with van der Waals surface area (Å²) < 4.78 is 11.8. The second-order valence-corrected chi connectivity index (χ2v) is 12.4. The van der Waals surface area contributed by atoms with Crippen LogP contribution in [0.15, 0.2) is 40.3 Å². The maximum absolute atomic E-state index is 14.1. The first-order valence-corrected chi connectivity index (χ1v) is 15.6. The maximum atomic E-state index is 14.1. The number of carbonyl (C=O) groups is 2. The Bertz CT molecular complexity index is 1710. The molecule has 0 saturated carbocycles. The van der Waals surface area contributed by atoms with E-state index in [1.807, 2.05) is 0 Å². The Balaban J connectivity index is 1.39. The molecule has 4 aliphatic rings. The second kappa shape index (κ2) is 12.9. The Hall–Kier alpha value is -4.38. The Morgan fingerprint density at radius 2 is 1.88 bits per heavy atom. The van der Waals surface area contributed by atoms with Gasteiger partial charge in [-0.1, -0.05) is 6.07 Å². The molecular weight excluding hydrogens is 630 g/mol. The number of benzene rings is 2. The Kier molecular flexibility index (Phi) is 9.02. The third-order valence-corrected chi connectivity index (χ3v) is 9.43. The summed E-state index contributed by atoms with van der Waals surface area (Å²) in [6, 6.07) is 6.02. The molecule has 0 bridgehead atoms. The number of ether oxygens (including phenoxy) is 2. The summed E-state index contributed by atoms with van der Waals surface area (Å²) in [4.78, 5) is 36.6. The smallest absolute Gasteiger partial charge is 0.330 e. The highest BCUT2D eigenvalue weighted by atomic mass is 16.7. The lowest BCUT2D eigenvalue weighted by Crippen LogP contribution is -2.68. The minimum absolute atomic E-state index is 0.0260. The number of aliphatic hydroxyl groups excluding tert-OH is 5. The van der Waals surface area contributed by atoms with Crippen LogP contribution in [0, 0.1) is 0 Å². The molecule has 1 fully saturated rings. The summed E-state index contributed by atoms with van der Waals surface area (Å²) in [6.07, 6.45) is -2.28. The van der Waals surface area contributed by atoms with Gasteiger partial charge in [-0.3, -0.25) is 19.7 Å². The number of phenols is 2. The molecular formula is C33H37N3O12. The van der Waals surface area contributed by atoms with Crippen molar-refractivity contribution in [1.29, 1.82) is 0 Å². The number of hydrogen-bond acceptors (Lipinski definition) is 13. The zero-order valence-corrected chi connectivity index (χ0v) is 25.8. The van der Waals surface area contributed by atoms with Gasteiger partial charge in [-0.05, 0) is 54.7 Å². The third kappa shape index (κ3) is 5.61. The average molecular weight is 668 g/mol. The monoisotopic (exact) mass is 667 g/mol. The lowest BCUT2D eigenvalue weighted by atomic mass is 9.86. The van der Waals surface area contributed by atoms with Gasteiger partial charge < -0.3 is 50.3 Å². The van der Waals surface area contributed by atoms with Crippen LogP contribution in [0.4, 0.5) is 5.69 Å². The van der Waals surface area contributed by atoms with Gasteiger partial charge in [0, 0.05) is 49.3 Å². The van der Waals surface area contributed by atoms with E-state index in [-0.39, 0.29) is 61.5 Å². The quantitative estimate of drug-likeness (QED) is 0.162. The van der Waals surface area contributed by atoms with Crippen LogP contribution in [0.2, 0.25) is 0 Å². The summed E-state index contributed by atoms with van der Waals surface area (Å²) >= 11 is 0. The van der Waals surface area contributed by atoms with E-state index >= 15 is 0 Å². The standard InChI is InChI=1S/C33H37N3O12/c37-9-1-7-32(31(45)46)13-19-12-23(40)29-21(6-8-33(48-29)30(44)28(43)27(42)24(15-38)47-33)26(19)36(32)25(41)5-3-17-2-4-22(39)18(10-17)11-20-14-34-16-35-20/h2-5,10,12,14,24,27-28,30,37-40,42-44H,1,6-9,11,13,15-16H2,(H,45,46). The highest BCUT2D eigenvalue weighted by Crippen LogP contribution is 2.54. The van der Waals surface area contributed by atoms with Crippen LogP contribution in [0.1, 0.15) is 41.5 Å². The predicted octanol–water partition coefficient (Wildman–Crippen LogP) is -0.183. The fourth-order valence-corrected chi connectivity index (χ4v) is 7.02. The molecule has 1 saturated heterocycles. The molecule has 1 spiro atoms. The summed E-state index contributed by atoms with van der Waals surface area (Å²) in [5.41, 5.74) is 0.721. The van der Waals surface area contributed by atoms with Crippen molar-refractivity contribution in [1.82, 2.24) is 0 Å². The normalized spacial score (nSPS) is 29.2. The van der Waals surface area contributed by atoms with Crippen molar-refractivity contribution in [3.63, 3.8) is 0 Å². The van der Waals surface area contributed by atoms with Crippen molar-refractivity contribution in [2.75, 3.05) is 24.8 Å². The zero-order chi connectivity index (χ0) is 34.4. The van der Waals surface area contributed by atoms with Crippen LogP contribution < -0.4 is 9.64 Å². The van der Waals surface area contributed by atoms with E-state index in [2.05, 4.69) is 9.98 Å². The summed E-state index contributed by atoms with van der Waals surface area (Å²) in [7, 11) is 0. The molecule has 256 valence electrons. The summed E-state index contributed by atoms with van der Waals surface area (Å²) in [5, 5.41) is 83.2. The molecule has 4 aliphatic heterocycles. The number of rotatable bonds is 9.